The standard InChI is InChI=1S/C14H21N3O4/c1-10(16-6-4-15-5-7-16)11-8-13(20-2)14(21-3)9-12(11)17(18)19/h8-10,15H,4-7H2,1-3H3/t10-/m1/s1. The molecule has 0 aromatic heterocycles. The van der Waals surface area contributed by atoms with Gasteiger partial charge in [-0.1, -0.05) is 0 Å². The zero-order valence-electron chi connectivity index (χ0n) is 12.6. The molecule has 0 aliphatic carbocycles. The van der Waals surface area contributed by atoms with Gasteiger partial charge in [-0.15, -0.1) is 0 Å². The quantitative estimate of drug-likeness (QED) is 0.656. The molecule has 0 spiro atoms. The fourth-order valence-electron chi connectivity index (χ4n) is 2.64. The Kier molecular flexibility index (Phi) is 4.98. The Bertz CT molecular complexity index is 515. The van der Waals surface area contributed by atoms with E-state index < -0.39 is 0 Å². The van der Waals surface area contributed by atoms with Crippen LogP contribution >= 0.6 is 0 Å². The normalized spacial score (nSPS) is 17.3. The monoisotopic (exact) mass is 295 g/mol. The summed E-state index contributed by atoms with van der Waals surface area (Å²) in [5, 5.41) is 14.6. The van der Waals surface area contributed by atoms with E-state index in [2.05, 4.69) is 10.2 Å². The fraction of sp³-hybridized carbons (Fsp3) is 0.571. The first kappa shape index (κ1) is 15.5. The molecule has 0 saturated carbocycles. The van der Waals surface area contributed by atoms with Gasteiger partial charge in [0.1, 0.15) is 0 Å². The molecule has 0 bridgehead atoms. The van der Waals surface area contributed by atoms with Crippen LogP contribution in [0, 0.1) is 10.1 Å². The molecular weight excluding hydrogens is 274 g/mol. The van der Waals surface area contributed by atoms with Crippen molar-refractivity contribution in [3.63, 3.8) is 0 Å². The molecule has 21 heavy (non-hydrogen) atoms. The number of hydrogen-bond donors (Lipinski definition) is 1. The Labute approximate surface area is 124 Å². The first-order valence-corrected chi connectivity index (χ1v) is 6.93. The largest absolute Gasteiger partial charge is 0.493 e. The molecule has 1 saturated heterocycles. The fourth-order valence-corrected chi connectivity index (χ4v) is 2.64. The van der Waals surface area contributed by atoms with Gasteiger partial charge >= 0.3 is 0 Å². The van der Waals surface area contributed by atoms with Gasteiger partial charge in [0, 0.05) is 32.2 Å². The molecule has 1 aromatic carbocycles. The Balaban J connectivity index is 2.41. The summed E-state index contributed by atoms with van der Waals surface area (Å²) in [6.45, 7) is 5.51. The molecule has 1 N–H and O–H groups in total. The average molecular weight is 295 g/mol. The van der Waals surface area contributed by atoms with Crippen molar-refractivity contribution < 1.29 is 14.4 Å². The van der Waals surface area contributed by atoms with Crippen LogP contribution in [0.5, 0.6) is 11.5 Å². The highest BCUT2D eigenvalue weighted by Crippen LogP contribution is 2.38. The molecule has 0 amide bonds. The predicted octanol–water partition coefficient (Wildman–Crippen LogP) is 1.58. The molecule has 1 aromatic rings. The number of hydrogen-bond acceptors (Lipinski definition) is 6. The van der Waals surface area contributed by atoms with Gasteiger partial charge in [0.05, 0.1) is 30.8 Å². The van der Waals surface area contributed by atoms with E-state index in [0.29, 0.717) is 17.1 Å². The minimum atomic E-state index is -0.365. The molecule has 2 rings (SSSR count). The Morgan fingerprint density at radius 3 is 2.33 bits per heavy atom. The third-order valence-electron chi connectivity index (χ3n) is 3.88. The van der Waals surface area contributed by atoms with Gasteiger partial charge in [-0.2, -0.15) is 0 Å². The summed E-state index contributed by atoms with van der Waals surface area (Å²) < 4.78 is 10.4. The third-order valence-corrected chi connectivity index (χ3v) is 3.88. The molecular formula is C14H21N3O4. The van der Waals surface area contributed by atoms with Crippen molar-refractivity contribution in [1.29, 1.82) is 0 Å². The Hall–Kier alpha value is -1.86. The van der Waals surface area contributed by atoms with Crippen LogP contribution in [-0.2, 0) is 0 Å². The molecule has 1 atom stereocenters. The number of nitro groups is 1. The van der Waals surface area contributed by atoms with Gasteiger partial charge in [0.2, 0.25) is 0 Å². The maximum Gasteiger partial charge on any atom is 0.278 e. The number of nitro benzene ring substituents is 1. The lowest BCUT2D eigenvalue weighted by Gasteiger charge is -2.33. The van der Waals surface area contributed by atoms with Crippen molar-refractivity contribution in [2.24, 2.45) is 0 Å². The number of ether oxygens (including phenoxy) is 2. The van der Waals surface area contributed by atoms with E-state index in [0.717, 1.165) is 26.2 Å². The lowest BCUT2D eigenvalue weighted by molar-refractivity contribution is -0.386. The van der Waals surface area contributed by atoms with Crippen LogP contribution in [0.15, 0.2) is 12.1 Å². The summed E-state index contributed by atoms with van der Waals surface area (Å²) >= 11 is 0. The number of nitrogens with zero attached hydrogens (tertiary/aromatic N) is 2. The van der Waals surface area contributed by atoms with Gasteiger partial charge in [-0.3, -0.25) is 15.0 Å². The molecule has 1 aliphatic rings. The zero-order valence-corrected chi connectivity index (χ0v) is 12.6. The van der Waals surface area contributed by atoms with Crippen molar-refractivity contribution in [3.05, 3.63) is 27.8 Å². The molecule has 116 valence electrons. The van der Waals surface area contributed by atoms with E-state index in [1.807, 2.05) is 6.92 Å². The van der Waals surface area contributed by atoms with Crippen LogP contribution < -0.4 is 14.8 Å². The van der Waals surface area contributed by atoms with Gasteiger partial charge < -0.3 is 14.8 Å². The topological polar surface area (TPSA) is 76.9 Å². The van der Waals surface area contributed by atoms with Gasteiger partial charge in [0.25, 0.3) is 5.69 Å². The molecule has 7 heteroatoms. The smallest absolute Gasteiger partial charge is 0.278 e. The van der Waals surface area contributed by atoms with Crippen LogP contribution in [0.4, 0.5) is 5.69 Å². The maximum atomic E-state index is 11.4. The zero-order chi connectivity index (χ0) is 15.4. The average Bonchev–Trinajstić information content (AvgIpc) is 2.53. The summed E-state index contributed by atoms with van der Waals surface area (Å²) in [7, 11) is 3.00. The number of nitrogens with one attached hydrogen (secondary N) is 1. The van der Waals surface area contributed by atoms with Crippen LogP contribution in [0.25, 0.3) is 0 Å². The molecule has 1 heterocycles. The van der Waals surface area contributed by atoms with E-state index in [-0.39, 0.29) is 16.7 Å². The van der Waals surface area contributed by atoms with Crippen molar-refractivity contribution >= 4 is 5.69 Å². The minimum Gasteiger partial charge on any atom is -0.493 e. The maximum absolute atomic E-state index is 11.4. The highest BCUT2D eigenvalue weighted by molar-refractivity contribution is 5.55. The van der Waals surface area contributed by atoms with E-state index in [1.165, 1.54) is 20.3 Å². The van der Waals surface area contributed by atoms with E-state index in [1.54, 1.807) is 6.07 Å². The van der Waals surface area contributed by atoms with Crippen LogP contribution in [0.2, 0.25) is 0 Å². The van der Waals surface area contributed by atoms with Crippen molar-refractivity contribution in [2.45, 2.75) is 13.0 Å². The van der Waals surface area contributed by atoms with E-state index >= 15 is 0 Å². The van der Waals surface area contributed by atoms with Crippen molar-refractivity contribution in [1.82, 2.24) is 10.2 Å². The molecule has 0 radical (unpaired) electrons. The molecule has 0 unspecified atom stereocenters. The SMILES string of the molecule is COc1cc([C@@H](C)N2CCNCC2)c([N+](=O)[O-])cc1OC. The summed E-state index contributed by atoms with van der Waals surface area (Å²) in [5.41, 5.74) is 0.721. The molecule has 1 aliphatic heterocycles. The highest BCUT2D eigenvalue weighted by Gasteiger charge is 2.27. The molecule has 1 fully saturated rings. The summed E-state index contributed by atoms with van der Waals surface area (Å²) in [5.74, 6) is 0.889. The van der Waals surface area contributed by atoms with Gasteiger partial charge in [0.15, 0.2) is 11.5 Å². The summed E-state index contributed by atoms with van der Waals surface area (Å²) in [6.07, 6.45) is 0. The molecule has 7 nitrogen and oxygen atoms in total. The van der Waals surface area contributed by atoms with E-state index in [4.69, 9.17) is 9.47 Å². The predicted molar refractivity (Wildman–Crippen MR) is 79.1 cm³/mol. The minimum absolute atomic E-state index is 0.0488. The first-order chi connectivity index (χ1) is 10.1. The highest BCUT2D eigenvalue weighted by atomic mass is 16.6. The van der Waals surface area contributed by atoms with Crippen molar-refractivity contribution in [3.8, 4) is 11.5 Å². The third kappa shape index (κ3) is 3.25. The van der Waals surface area contributed by atoms with Gasteiger partial charge in [-0.25, -0.2) is 0 Å². The van der Waals surface area contributed by atoms with Crippen LogP contribution in [0.1, 0.15) is 18.5 Å². The summed E-state index contributed by atoms with van der Waals surface area (Å²) in [4.78, 5) is 13.2. The second-order valence-electron chi connectivity index (χ2n) is 4.99. The number of piperazine rings is 1. The second-order valence-corrected chi connectivity index (χ2v) is 4.99. The van der Waals surface area contributed by atoms with Crippen molar-refractivity contribution in [2.75, 3.05) is 40.4 Å². The van der Waals surface area contributed by atoms with E-state index in [9.17, 15) is 10.1 Å². The summed E-state index contributed by atoms with van der Waals surface area (Å²) in [6, 6.07) is 3.10. The second kappa shape index (κ2) is 6.73. The number of benzene rings is 1. The Morgan fingerprint density at radius 2 is 1.81 bits per heavy atom. The Morgan fingerprint density at radius 1 is 1.24 bits per heavy atom. The van der Waals surface area contributed by atoms with Gasteiger partial charge in [-0.05, 0) is 13.0 Å². The van der Waals surface area contributed by atoms with Crippen LogP contribution in [0.3, 0.4) is 0 Å². The first-order valence-electron chi connectivity index (χ1n) is 6.93. The van der Waals surface area contributed by atoms with Crippen LogP contribution in [-0.4, -0.2) is 50.2 Å². The number of methoxy groups -OCH3 is 2. The lowest BCUT2D eigenvalue weighted by Crippen LogP contribution is -2.44. The lowest BCUT2D eigenvalue weighted by atomic mass is 10.0. The number of rotatable bonds is 5.